The molecule has 0 atom stereocenters. The van der Waals surface area contributed by atoms with Gasteiger partial charge < -0.3 is 15.5 Å². The lowest BCUT2D eigenvalue weighted by Crippen LogP contribution is -2.48. The number of benzene rings is 1. The Hall–Kier alpha value is -2.04. The number of likely N-dealkylation sites (N-methyl/N-ethyl adjacent to an activating group) is 1. The van der Waals surface area contributed by atoms with Crippen molar-refractivity contribution in [2.24, 2.45) is 16.3 Å². The number of amides is 1. The molecule has 1 aliphatic rings. The summed E-state index contributed by atoms with van der Waals surface area (Å²) in [5.41, 5.74) is 1.54. The summed E-state index contributed by atoms with van der Waals surface area (Å²) in [5, 5.41) is 6.69. The monoisotopic (exact) mass is 358 g/mol. The highest BCUT2D eigenvalue weighted by Crippen LogP contribution is 2.45. The maximum absolute atomic E-state index is 11.9. The molecule has 0 bridgehead atoms. The van der Waals surface area contributed by atoms with Crippen LogP contribution >= 0.6 is 0 Å². The number of aliphatic imine (C=N–C) groups is 1. The number of carbonyl (C=O) groups excluding carboxylic acids is 1. The fourth-order valence-electron chi connectivity index (χ4n) is 3.51. The molecule has 0 saturated heterocycles. The molecular weight excluding hydrogens is 324 g/mol. The molecule has 0 spiro atoms. The third-order valence-electron chi connectivity index (χ3n) is 5.05. The van der Waals surface area contributed by atoms with Crippen LogP contribution in [0, 0.1) is 11.3 Å². The zero-order valence-corrected chi connectivity index (χ0v) is 16.7. The number of carbonyl (C=O) groups is 1. The number of guanidine groups is 1. The number of rotatable bonds is 8. The molecule has 1 amide bonds. The van der Waals surface area contributed by atoms with Gasteiger partial charge in [0.1, 0.15) is 0 Å². The summed E-state index contributed by atoms with van der Waals surface area (Å²) in [5.74, 6) is 1.46. The predicted octanol–water partition coefficient (Wildman–Crippen LogP) is 3.03. The number of hydrogen-bond acceptors (Lipinski definition) is 2. The van der Waals surface area contributed by atoms with E-state index in [1.165, 1.54) is 25.7 Å². The highest BCUT2D eigenvalue weighted by molar-refractivity contribution is 5.86. The van der Waals surface area contributed by atoms with Crippen molar-refractivity contribution in [1.82, 2.24) is 15.5 Å². The summed E-state index contributed by atoms with van der Waals surface area (Å²) in [7, 11) is 3.54. The maximum Gasteiger partial charge on any atom is 0.241 e. The van der Waals surface area contributed by atoms with E-state index in [9.17, 15) is 4.79 Å². The molecule has 1 aromatic carbocycles. The Kier molecular flexibility index (Phi) is 7.49. The molecule has 0 heterocycles. The third-order valence-corrected chi connectivity index (χ3v) is 5.05. The van der Waals surface area contributed by atoms with Crippen molar-refractivity contribution in [2.45, 2.75) is 46.1 Å². The van der Waals surface area contributed by atoms with Gasteiger partial charge in [0.05, 0.1) is 13.1 Å². The first-order valence-electron chi connectivity index (χ1n) is 9.66. The van der Waals surface area contributed by atoms with E-state index in [0.29, 0.717) is 17.9 Å². The molecule has 0 unspecified atom stereocenters. The lowest BCUT2D eigenvalue weighted by molar-refractivity contribution is -0.127. The van der Waals surface area contributed by atoms with Crippen LogP contribution in [0.2, 0.25) is 0 Å². The molecule has 0 aliphatic heterocycles. The molecule has 2 N–H and O–H groups in total. The van der Waals surface area contributed by atoms with Crippen molar-refractivity contribution in [2.75, 3.05) is 27.2 Å². The molecule has 1 saturated carbocycles. The van der Waals surface area contributed by atoms with Crippen molar-refractivity contribution in [1.29, 1.82) is 0 Å². The highest BCUT2D eigenvalue weighted by atomic mass is 16.2. The average Bonchev–Trinajstić information content (AvgIpc) is 2.58. The van der Waals surface area contributed by atoms with E-state index in [1.54, 1.807) is 19.0 Å². The van der Waals surface area contributed by atoms with Crippen molar-refractivity contribution in [3.8, 4) is 0 Å². The summed E-state index contributed by atoms with van der Waals surface area (Å²) < 4.78 is 0. The molecule has 1 aliphatic carbocycles. The van der Waals surface area contributed by atoms with Crippen LogP contribution in [-0.4, -0.2) is 44.0 Å². The molecule has 1 aromatic rings. The fraction of sp³-hybridized carbons (Fsp3) is 0.619. The predicted molar refractivity (Wildman–Crippen MR) is 108 cm³/mol. The van der Waals surface area contributed by atoms with Gasteiger partial charge in [-0.1, -0.05) is 50.6 Å². The molecule has 2 rings (SSSR count). The van der Waals surface area contributed by atoms with E-state index >= 15 is 0 Å². The largest absolute Gasteiger partial charge is 0.356 e. The highest BCUT2D eigenvalue weighted by Gasteiger charge is 2.37. The van der Waals surface area contributed by atoms with Crippen LogP contribution < -0.4 is 10.6 Å². The second-order valence-electron chi connectivity index (χ2n) is 8.10. The van der Waals surface area contributed by atoms with E-state index < -0.39 is 0 Å². The van der Waals surface area contributed by atoms with Gasteiger partial charge in [-0.15, -0.1) is 0 Å². The molecule has 5 nitrogen and oxygen atoms in total. The Bertz CT molecular complexity index is 591. The Labute approximate surface area is 158 Å². The van der Waals surface area contributed by atoms with Crippen LogP contribution in [0.25, 0.3) is 0 Å². The zero-order chi connectivity index (χ0) is 19.0. The van der Waals surface area contributed by atoms with Gasteiger partial charge in [-0.25, -0.2) is 4.99 Å². The third kappa shape index (κ3) is 6.36. The summed E-state index contributed by atoms with van der Waals surface area (Å²) in [6.45, 7) is 6.35. The van der Waals surface area contributed by atoms with Gasteiger partial charge in [0.25, 0.3) is 0 Å². The standard InChI is InChI=1S/C21H34N4O/c1-17(2)13-21(11-8-12-21)16-24-20(23-15-19(26)25(3)4)22-14-18-9-6-5-7-10-18/h5-7,9-10,17H,8,11-16H2,1-4H3,(H2,22,23,24). The zero-order valence-electron chi connectivity index (χ0n) is 16.7. The Morgan fingerprint density at radius 1 is 1.19 bits per heavy atom. The van der Waals surface area contributed by atoms with Gasteiger partial charge in [0.15, 0.2) is 5.96 Å². The first-order valence-corrected chi connectivity index (χ1v) is 9.66. The normalized spacial score (nSPS) is 16.1. The minimum Gasteiger partial charge on any atom is -0.356 e. The molecule has 0 radical (unpaired) electrons. The summed E-state index contributed by atoms with van der Waals surface area (Å²) >= 11 is 0. The van der Waals surface area contributed by atoms with Crippen molar-refractivity contribution < 1.29 is 4.79 Å². The van der Waals surface area contributed by atoms with Gasteiger partial charge in [0.2, 0.25) is 5.91 Å². The van der Waals surface area contributed by atoms with Gasteiger partial charge in [0, 0.05) is 20.6 Å². The topological polar surface area (TPSA) is 56.7 Å². The summed E-state index contributed by atoms with van der Waals surface area (Å²) in [4.78, 5) is 18.2. The van der Waals surface area contributed by atoms with Gasteiger partial charge in [-0.2, -0.15) is 0 Å². The second-order valence-corrected chi connectivity index (χ2v) is 8.10. The number of nitrogens with zero attached hydrogens (tertiary/aromatic N) is 2. The van der Waals surface area contributed by atoms with Crippen LogP contribution in [0.3, 0.4) is 0 Å². The van der Waals surface area contributed by atoms with Crippen LogP contribution in [0.15, 0.2) is 35.3 Å². The molecular formula is C21H34N4O. The van der Waals surface area contributed by atoms with E-state index in [2.05, 4.69) is 41.6 Å². The summed E-state index contributed by atoms with van der Waals surface area (Å²) in [6, 6.07) is 10.2. The Morgan fingerprint density at radius 3 is 2.42 bits per heavy atom. The minimum atomic E-state index is 0.0414. The maximum atomic E-state index is 11.9. The fourth-order valence-corrected chi connectivity index (χ4v) is 3.51. The molecule has 144 valence electrons. The lowest BCUT2D eigenvalue weighted by Gasteiger charge is -2.43. The Morgan fingerprint density at radius 2 is 1.88 bits per heavy atom. The van der Waals surface area contributed by atoms with Crippen LogP contribution in [-0.2, 0) is 11.3 Å². The summed E-state index contributed by atoms with van der Waals surface area (Å²) in [6.07, 6.45) is 5.11. The van der Waals surface area contributed by atoms with Gasteiger partial charge in [-0.05, 0) is 36.2 Å². The average molecular weight is 359 g/mol. The number of nitrogens with one attached hydrogen (secondary N) is 2. The quantitative estimate of drug-likeness (QED) is 0.555. The SMILES string of the molecule is CC(C)CC1(CNC(=NCc2ccccc2)NCC(=O)N(C)C)CCC1. The van der Waals surface area contributed by atoms with Crippen molar-refractivity contribution in [3.05, 3.63) is 35.9 Å². The van der Waals surface area contributed by atoms with E-state index in [1.807, 2.05) is 18.2 Å². The van der Waals surface area contributed by atoms with Crippen molar-refractivity contribution in [3.63, 3.8) is 0 Å². The lowest BCUT2D eigenvalue weighted by atomic mass is 9.64. The molecule has 1 fully saturated rings. The molecule has 0 aromatic heterocycles. The van der Waals surface area contributed by atoms with Gasteiger partial charge >= 0.3 is 0 Å². The van der Waals surface area contributed by atoms with Gasteiger partial charge in [-0.3, -0.25) is 4.79 Å². The van der Waals surface area contributed by atoms with Crippen LogP contribution in [0.1, 0.15) is 45.1 Å². The second kappa shape index (κ2) is 9.60. The van der Waals surface area contributed by atoms with Crippen LogP contribution in [0.5, 0.6) is 0 Å². The molecule has 26 heavy (non-hydrogen) atoms. The number of hydrogen-bond donors (Lipinski definition) is 2. The Balaban J connectivity index is 1.98. The van der Waals surface area contributed by atoms with E-state index in [0.717, 1.165) is 18.1 Å². The van der Waals surface area contributed by atoms with E-state index in [-0.39, 0.29) is 12.5 Å². The van der Waals surface area contributed by atoms with Crippen molar-refractivity contribution >= 4 is 11.9 Å². The van der Waals surface area contributed by atoms with Crippen LogP contribution in [0.4, 0.5) is 0 Å². The first-order chi connectivity index (χ1) is 12.4. The first kappa shape index (κ1) is 20.3. The minimum absolute atomic E-state index is 0.0414. The molecule has 5 heteroatoms. The smallest absolute Gasteiger partial charge is 0.241 e. The van der Waals surface area contributed by atoms with E-state index in [4.69, 9.17) is 0 Å².